The van der Waals surface area contributed by atoms with Gasteiger partial charge in [0.2, 0.25) is 5.88 Å². The summed E-state index contributed by atoms with van der Waals surface area (Å²) < 4.78 is 63.7. The molecule has 27 heavy (non-hydrogen) atoms. The quantitative estimate of drug-likeness (QED) is 0.803. The topological polar surface area (TPSA) is 85.4 Å². The van der Waals surface area contributed by atoms with E-state index in [2.05, 4.69) is 15.0 Å². The molecule has 1 N–H and O–H groups in total. The minimum absolute atomic E-state index is 0.147. The second-order valence-electron chi connectivity index (χ2n) is 5.83. The van der Waals surface area contributed by atoms with Crippen LogP contribution in [0.3, 0.4) is 0 Å². The number of alkyl halides is 3. The van der Waals surface area contributed by atoms with Crippen LogP contribution in [-0.2, 0) is 9.84 Å². The number of hydrogen-bond acceptors (Lipinski definition) is 5. The van der Waals surface area contributed by atoms with Crippen molar-refractivity contribution in [1.82, 2.24) is 10.3 Å². The molecule has 0 aliphatic rings. The number of benzene rings is 1. The number of sulfone groups is 1. The highest BCUT2D eigenvalue weighted by Gasteiger charge is 2.28. The predicted octanol–water partition coefficient (Wildman–Crippen LogP) is 2.92. The van der Waals surface area contributed by atoms with Crippen LogP contribution in [0, 0.1) is 0 Å². The molecule has 0 saturated carbocycles. The fraction of sp³-hybridized carbons (Fsp3) is 0.294. The summed E-state index contributed by atoms with van der Waals surface area (Å²) in [6.45, 7) is 0.244. The van der Waals surface area contributed by atoms with E-state index in [9.17, 15) is 26.4 Å². The summed E-state index contributed by atoms with van der Waals surface area (Å²) in [7, 11) is -3.31. The second kappa shape index (κ2) is 7.95. The third kappa shape index (κ3) is 6.24. The molecule has 0 aliphatic heterocycles. The Balaban J connectivity index is 1.99. The van der Waals surface area contributed by atoms with Gasteiger partial charge >= 0.3 is 6.18 Å². The summed E-state index contributed by atoms with van der Waals surface area (Å²) in [5, 5.41) is 2.70. The Hall–Kier alpha value is -2.62. The molecule has 0 saturated heterocycles. The van der Waals surface area contributed by atoms with Gasteiger partial charge in [0.25, 0.3) is 5.91 Å². The van der Waals surface area contributed by atoms with Crippen LogP contribution < -0.4 is 10.1 Å². The van der Waals surface area contributed by atoms with Crippen molar-refractivity contribution >= 4 is 15.7 Å². The summed E-state index contributed by atoms with van der Waals surface area (Å²) in [5.74, 6) is -0.724. The van der Waals surface area contributed by atoms with Gasteiger partial charge in [0, 0.05) is 18.5 Å². The second-order valence-corrected chi connectivity index (χ2v) is 7.84. The molecule has 1 heterocycles. The molecular weight excluding hydrogens is 385 g/mol. The van der Waals surface area contributed by atoms with Crippen LogP contribution in [0.25, 0.3) is 0 Å². The van der Waals surface area contributed by atoms with Crippen molar-refractivity contribution in [2.75, 3.05) is 12.9 Å². The van der Waals surface area contributed by atoms with Crippen LogP contribution >= 0.6 is 0 Å². The lowest BCUT2D eigenvalue weighted by Gasteiger charge is -2.15. The minimum atomic E-state index is -4.47. The van der Waals surface area contributed by atoms with Gasteiger partial charge in [-0.2, -0.15) is 13.2 Å². The molecule has 0 bridgehead atoms. The average molecular weight is 402 g/mol. The van der Waals surface area contributed by atoms with Crippen LogP contribution in [0.15, 0.2) is 47.5 Å². The largest absolute Gasteiger partial charge is 0.468 e. The van der Waals surface area contributed by atoms with E-state index in [1.165, 1.54) is 24.3 Å². The summed E-state index contributed by atoms with van der Waals surface area (Å²) >= 11 is 0. The van der Waals surface area contributed by atoms with Crippen LogP contribution in [0.1, 0.15) is 28.9 Å². The van der Waals surface area contributed by atoms with Gasteiger partial charge < -0.3 is 10.1 Å². The molecule has 10 heteroatoms. The third-order valence-corrected chi connectivity index (χ3v) is 4.67. The molecule has 0 aliphatic carbocycles. The van der Waals surface area contributed by atoms with Crippen LogP contribution in [-0.4, -0.2) is 38.3 Å². The normalized spacial score (nSPS) is 13.1. The van der Waals surface area contributed by atoms with Gasteiger partial charge in [-0.05, 0) is 30.7 Å². The van der Waals surface area contributed by atoms with Crippen molar-refractivity contribution in [2.45, 2.75) is 24.0 Å². The Kier molecular flexibility index (Phi) is 6.09. The standard InChI is InChI=1S/C17H17F3N2O4S/c1-11(12-3-6-14(7-4-12)27(2,24)25)22-16(23)13-5-8-15(21-9-13)26-10-17(18,19)20/h3-9,11H,10H2,1-2H3,(H,22,23)/t11-/m1/s1. The van der Waals surface area contributed by atoms with Crippen molar-refractivity contribution < 1.29 is 31.1 Å². The van der Waals surface area contributed by atoms with Crippen molar-refractivity contribution in [3.05, 3.63) is 53.7 Å². The van der Waals surface area contributed by atoms with E-state index < -0.39 is 34.6 Å². The highest BCUT2D eigenvalue weighted by atomic mass is 32.2. The first-order valence-corrected chi connectivity index (χ1v) is 9.61. The van der Waals surface area contributed by atoms with Gasteiger partial charge in [-0.25, -0.2) is 13.4 Å². The highest BCUT2D eigenvalue weighted by molar-refractivity contribution is 7.90. The zero-order valence-corrected chi connectivity index (χ0v) is 15.3. The summed E-state index contributed by atoms with van der Waals surface area (Å²) in [4.78, 5) is 16.1. The van der Waals surface area contributed by atoms with Crippen molar-refractivity contribution in [2.24, 2.45) is 0 Å². The molecule has 1 aromatic carbocycles. The van der Waals surface area contributed by atoms with E-state index in [1.54, 1.807) is 19.1 Å². The Bertz CT molecular complexity index is 895. The molecule has 1 aromatic heterocycles. The van der Waals surface area contributed by atoms with E-state index >= 15 is 0 Å². The zero-order chi connectivity index (χ0) is 20.2. The van der Waals surface area contributed by atoms with E-state index in [4.69, 9.17) is 0 Å². The third-order valence-electron chi connectivity index (χ3n) is 3.54. The number of halogens is 3. The van der Waals surface area contributed by atoms with E-state index in [1.807, 2.05) is 0 Å². The molecule has 1 atom stereocenters. The minimum Gasteiger partial charge on any atom is -0.468 e. The van der Waals surface area contributed by atoms with Gasteiger partial charge in [-0.3, -0.25) is 4.79 Å². The van der Waals surface area contributed by atoms with E-state index in [0.717, 1.165) is 12.5 Å². The number of rotatable bonds is 6. The average Bonchev–Trinajstić information content (AvgIpc) is 2.59. The first kappa shape index (κ1) is 20.7. The summed E-state index contributed by atoms with van der Waals surface area (Å²) in [6, 6.07) is 8.12. The monoisotopic (exact) mass is 402 g/mol. The Morgan fingerprint density at radius 2 is 1.81 bits per heavy atom. The molecule has 0 spiro atoms. The van der Waals surface area contributed by atoms with Gasteiger partial charge in [0.05, 0.1) is 16.5 Å². The number of nitrogens with zero attached hydrogens (tertiary/aromatic N) is 1. The zero-order valence-electron chi connectivity index (χ0n) is 14.4. The Morgan fingerprint density at radius 3 is 2.30 bits per heavy atom. The smallest absolute Gasteiger partial charge is 0.422 e. The van der Waals surface area contributed by atoms with E-state index in [-0.39, 0.29) is 16.3 Å². The molecule has 146 valence electrons. The number of aromatic nitrogens is 1. The van der Waals surface area contributed by atoms with E-state index in [0.29, 0.717) is 5.56 Å². The Labute approximate surface area is 154 Å². The number of amides is 1. The molecular formula is C17H17F3N2O4S. The fourth-order valence-corrected chi connectivity index (χ4v) is 2.75. The number of carbonyl (C=O) groups is 1. The molecule has 2 aromatic rings. The lowest BCUT2D eigenvalue weighted by Crippen LogP contribution is -2.26. The summed E-state index contributed by atoms with van der Waals surface area (Å²) in [5.41, 5.74) is 0.836. The maximum absolute atomic E-state index is 12.2. The first-order chi connectivity index (χ1) is 12.5. The lowest BCUT2D eigenvalue weighted by atomic mass is 10.1. The highest BCUT2D eigenvalue weighted by Crippen LogP contribution is 2.18. The van der Waals surface area contributed by atoms with Crippen molar-refractivity contribution in [1.29, 1.82) is 0 Å². The number of carbonyl (C=O) groups excluding carboxylic acids is 1. The predicted molar refractivity (Wildman–Crippen MR) is 91.2 cm³/mol. The van der Waals surface area contributed by atoms with Crippen molar-refractivity contribution in [3.63, 3.8) is 0 Å². The SMILES string of the molecule is C[C@@H](NC(=O)c1ccc(OCC(F)(F)F)nc1)c1ccc(S(C)(=O)=O)cc1. The Morgan fingerprint density at radius 1 is 1.19 bits per heavy atom. The summed E-state index contributed by atoms with van der Waals surface area (Å²) in [6.07, 6.45) is -2.26. The van der Waals surface area contributed by atoms with Crippen molar-refractivity contribution in [3.8, 4) is 5.88 Å². The van der Waals surface area contributed by atoms with Gasteiger partial charge in [0.1, 0.15) is 0 Å². The number of pyridine rings is 1. The molecule has 2 rings (SSSR count). The van der Waals surface area contributed by atoms with Crippen LogP contribution in [0.4, 0.5) is 13.2 Å². The maximum Gasteiger partial charge on any atom is 0.422 e. The van der Waals surface area contributed by atoms with Gasteiger partial charge in [0.15, 0.2) is 16.4 Å². The number of nitrogens with one attached hydrogen (secondary N) is 1. The maximum atomic E-state index is 12.2. The molecule has 1 amide bonds. The van der Waals surface area contributed by atoms with Gasteiger partial charge in [-0.1, -0.05) is 12.1 Å². The fourth-order valence-electron chi connectivity index (χ4n) is 2.12. The first-order valence-electron chi connectivity index (χ1n) is 7.72. The van der Waals surface area contributed by atoms with Gasteiger partial charge in [-0.15, -0.1) is 0 Å². The molecule has 0 unspecified atom stereocenters. The van der Waals surface area contributed by atoms with Crippen LogP contribution in [0.5, 0.6) is 5.88 Å². The van der Waals surface area contributed by atoms with Crippen LogP contribution in [0.2, 0.25) is 0 Å². The molecule has 0 radical (unpaired) electrons. The molecule has 0 fully saturated rings. The number of hydrogen-bond donors (Lipinski definition) is 1. The molecule has 6 nitrogen and oxygen atoms in total. The lowest BCUT2D eigenvalue weighted by molar-refractivity contribution is -0.154. The number of ether oxygens (including phenoxy) is 1.